The minimum Gasteiger partial charge on any atom is -0.503 e. The van der Waals surface area contributed by atoms with Gasteiger partial charge in [-0.1, -0.05) is 49.4 Å². The third-order valence-electron chi connectivity index (χ3n) is 4.76. The lowest BCUT2D eigenvalue weighted by molar-refractivity contribution is -0.117. The van der Waals surface area contributed by atoms with Crippen molar-refractivity contribution in [1.82, 2.24) is 10.2 Å². The Hall–Kier alpha value is -3.04. The quantitative estimate of drug-likeness (QED) is 0.566. The van der Waals surface area contributed by atoms with Gasteiger partial charge in [0.05, 0.1) is 17.6 Å². The Balaban J connectivity index is 1.90. The number of carbonyl (C=O) groups is 2. The van der Waals surface area contributed by atoms with E-state index in [1.165, 1.54) is 34.7 Å². The number of thiophene rings is 1. The number of amides is 1. The molecule has 3 aromatic rings. The van der Waals surface area contributed by atoms with E-state index in [1.807, 2.05) is 13.8 Å². The lowest BCUT2D eigenvalue weighted by atomic mass is 9.95. The molecule has 30 heavy (non-hydrogen) atoms. The molecule has 0 saturated heterocycles. The van der Waals surface area contributed by atoms with Crippen LogP contribution in [-0.2, 0) is 4.79 Å². The number of hydrogen-bond acceptors (Lipinski definition) is 8. The van der Waals surface area contributed by atoms with E-state index < -0.39 is 23.5 Å². The summed E-state index contributed by atoms with van der Waals surface area (Å²) >= 11 is 2.51. The van der Waals surface area contributed by atoms with Crippen molar-refractivity contribution in [2.75, 3.05) is 12.0 Å². The van der Waals surface area contributed by atoms with Crippen molar-refractivity contribution in [3.63, 3.8) is 0 Å². The second kappa shape index (κ2) is 8.00. The molecule has 1 N–H and O–H groups in total. The average molecular weight is 442 g/mol. The van der Waals surface area contributed by atoms with Crippen LogP contribution in [0.15, 0.2) is 53.1 Å². The second-order valence-electron chi connectivity index (χ2n) is 6.97. The largest absolute Gasteiger partial charge is 0.503 e. The van der Waals surface area contributed by atoms with Gasteiger partial charge in [0.2, 0.25) is 10.9 Å². The Kier molecular flexibility index (Phi) is 5.40. The zero-order chi connectivity index (χ0) is 21.4. The summed E-state index contributed by atoms with van der Waals surface area (Å²) < 4.78 is 5.49. The first-order valence-corrected chi connectivity index (χ1v) is 10.9. The number of nitrogens with zero attached hydrogens (tertiary/aromatic N) is 3. The van der Waals surface area contributed by atoms with Gasteiger partial charge in [0, 0.05) is 11.5 Å². The molecule has 4 rings (SSSR count). The molecule has 1 aromatic carbocycles. The number of para-hydroxylation sites is 1. The smallest absolute Gasteiger partial charge is 0.296 e. The third-order valence-corrected chi connectivity index (χ3v) is 6.85. The number of rotatable bonds is 6. The average Bonchev–Trinajstić information content (AvgIpc) is 3.48. The number of benzene rings is 1. The Morgan fingerprint density at radius 3 is 2.60 bits per heavy atom. The molecule has 3 heterocycles. The highest BCUT2D eigenvalue weighted by atomic mass is 32.1. The zero-order valence-corrected chi connectivity index (χ0v) is 18.2. The maximum Gasteiger partial charge on any atom is 0.296 e. The topological polar surface area (TPSA) is 92.6 Å². The molecule has 9 heteroatoms. The van der Waals surface area contributed by atoms with Crippen LogP contribution in [0.4, 0.5) is 5.13 Å². The fraction of sp³-hybridized carbons (Fsp3) is 0.238. The van der Waals surface area contributed by atoms with Crippen LogP contribution in [0, 0.1) is 0 Å². The normalized spacial score (nSPS) is 16.6. The summed E-state index contributed by atoms with van der Waals surface area (Å²) in [6.45, 7) is 3.96. The van der Waals surface area contributed by atoms with Crippen LogP contribution in [0.2, 0.25) is 0 Å². The maximum absolute atomic E-state index is 13.3. The fourth-order valence-corrected chi connectivity index (χ4v) is 4.87. The van der Waals surface area contributed by atoms with Crippen molar-refractivity contribution in [1.29, 1.82) is 0 Å². The van der Waals surface area contributed by atoms with Crippen LogP contribution in [0.1, 0.15) is 46.0 Å². The number of ether oxygens (including phenoxy) is 1. The molecule has 0 bridgehead atoms. The minimum atomic E-state index is -0.879. The van der Waals surface area contributed by atoms with Gasteiger partial charge in [0.1, 0.15) is 16.8 Å². The van der Waals surface area contributed by atoms with Crippen molar-refractivity contribution in [3.8, 4) is 5.75 Å². The van der Waals surface area contributed by atoms with Gasteiger partial charge < -0.3 is 9.84 Å². The van der Waals surface area contributed by atoms with Crippen LogP contribution in [0.25, 0.3) is 0 Å². The number of anilines is 1. The molecule has 1 aliphatic heterocycles. The number of carbonyl (C=O) groups excluding carboxylic acids is 2. The fourth-order valence-electron chi connectivity index (χ4n) is 3.32. The Bertz CT molecular complexity index is 1130. The van der Waals surface area contributed by atoms with E-state index in [4.69, 9.17) is 4.74 Å². The predicted molar refractivity (Wildman–Crippen MR) is 116 cm³/mol. The van der Waals surface area contributed by atoms with Gasteiger partial charge in [0.15, 0.2) is 5.76 Å². The first-order chi connectivity index (χ1) is 14.4. The Morgan fingerprint density at radius 1 is 1.20 bits per heavy atom. The van der Waals surface area contributed by atoms with Crippen LogP contribution < -0.4 is 9.64 Å². The van der Waals surface area contributed by atoms with Crippen LogP contribution >= 0.6 is 22.7 Å². The van der Waals surface area contributed by atoms with Gasteiger partial charge in [-0.05, 0) is 17.5 Å². The van der Waals surface area contributed by atoms with Crippen molar-refractivity contribution < 1.29 is 19.4 Å². The SMILES string of the molecule is COc1ccccc1C1C(C(=O)c2cccs2)=C(O)C(=O)N1c1nnc(C(C)C)s1. The van der Waals surface area contributed by atoms with E-state index in [0.29, 0.717) is 21.3 Å². The van der Waals surface area contributed by atoms with E-state index in [1.54, 1.807) is 41.8 Å². The summed E-state index contributed by atoms with van der Waals surface area (Å²) in [5, 5.41) is 22.0. The molecule has 1 unspecified atom stereocenters. The molecule has 0 fully saturated rings. The van der Waals surface area contributed by atoms with Gasteiger partial charge in [-0.3, -0.25) is 14.5 Å². The number of aliphatic hydroxyl groups is 1. The van der Waals surface area contributed by atoms with Crippen molar-refractivity contribution in [2.45, 2.75) is 25.8 Å². The Labute approximate surface area is 181 Å². The molecule has 1 atom stereocenters. The minimum absolute atomic E-state index is 0.00764. The molecule has 0 spiro atoms. The van der Waals surface area contributed by atoms with E-state index in [0.717, 1.165) is 5.01 Å². The summed E-state index contributed by atoms with van der Waals surface area (Å²) in [6.07, 6.45) is 0. The third kappa shape index (κ3) is 3.29. The Morgan fingerprint density at radius 2 is 1.97 bits per heavy atom. The van der Waals surface area contributed by atoms with Crippen molar-refractivity contribution in [3.05, 3.63) is 68.6 Å². The number of methoxy groups -OCH3 is 1. The summed E-state index contributed by atoms with van der Waals surface area (Å²) in [7, 11) is 1.52. The molecule has 2 aromatic heterocycles. The van der Waals surface area contributed by atoms with Crippen LogP contribution in [0.5, 0.6) is 5.75 Å². The van der Waals surface area contributed by atoms with Crippen molar-refractivity contribution in [2.24, 2.45) is 0 Å². The molecule has 1 aliphatic rings. The van der Waals surface area contributed by atoms with E-state index >= 15 is 0 Å². The molecule has 0 aliphatic carbocycles. The number of aliphatic hydroxyl groups excluding tert-OH is 1. The monoisotopic (exact) mass is 441 g/mol. The highest BCUT2D eigenvalue weighted by Crippen LogP contribution is 2.45. The first-order valence-electron chi connectivity index (χ1n) is 9.25. The molecule has 0 saturated carbocycles. The molecule has 0 radical (unpaired) electrons. The number of ketones is 1. The summed E-state index contributed by atoms with van der Waals surface area (Å²) in [5.74, 6) is -1.03. The second-order valence-corrected chi connectivity index (χ2v) is 8.90. The molecule has 154 valence electrons. The van der Waals surface area contributed by atoms with Crippen LogP contribution in [-0.4, -0.2) is 34.1 Å². The zero-order valence-electron chi connectivity index (χ0n) is 16.5. The van der Waals surface area contributed by atoms with Crippen molar-refractivity contribution >= 4 is 39.5 Å². The highest BCUT2D eigenvalue weighted by molar-refractivity contribution is 7.15. The maximum atomic E-state index is 13.3. The number of hydrogen-bond donors (Lipinski definition) is 1. The van der Waals surface area contributed by atoms with Crippen LogP contribution in [0.3, 0.4) is 0 Å². The molecule has 7 nitrogen and oxygen atoms in total. The van der Waals surface area contributed by atoms with Gasteiger partial charge in [0.25, 0.3) is 5.91 Å². The van der Waals surface area contributed by atoms with Gasteiger partial charge in [-0.2, -0.15) is 0 Å². The van der Waals surface area contributed by atoms with E-state index in [2.05, 4.69) is 10.2 Å². The van der Waals surface area contributed by atoms with Gasteiger partial charge in [-0.15, -0.1) is 21.5 Å². The highest BCUT2D eigenvalue weighted by Gasteiger charge is 2.47. The lowest BCUT2D eigenvalue weighted by Gasteiger charge is -2.25. The molecular weight excluding hydrogens is 422 g/mol. The van der Waals surface area contributed by atoms with E-state index in [9.17, 15) is 14.7 Å². The summed E-state index contributed by atoms with van der Waals surface area (Å²) in [4.78, 5) is 28.2. The first kappa shape index (κ1) is 20.2. The standard InChI is InChI=1S/C21H19N3O4S2/c1-11(2)19-22-23-21(30-19)24-16(12-7-4-5-8-13(12)28-3)15(18(26)20(24)27)17(25)14-9-6-10-29-14/h4-11,16,26H,1-3H3. The van der Waals surface area contributed by atoms with E-state index in [-0.39, 0.29) is 11.5 Å². The summed E-state index contributed by atoms with van der Waals surface area (Å²) in [6, 6.07) is 9.66. The molecule has 1 amide bonds. The predicted octanol–water partition coefficient (Wildman–Crippen LogP) is 4.51. The van der Waals surface area contributed by atoms with Gasteiger partial charge in [-0.25, -0.2) is 0 Å². The number of aromatic nitrogens is 2. The van der Waals surface area contributed by atoms with Gasteiger partial charge >= 0.3 is 0 Å². The molecular formula is C21H19N3O4S2. The summed E-state index contributed by atoms with van der Waals surface area (Å²) in [5.41, 5.74) is 0.590. The number of Topliss-reactive ketones (excluding diaryl/α,β-unsaturated/α-hetero) is 1. The lowest BCUT2D eigenvalue weighted by Crippen LogP contribution is -2.31.